The zero-order chi connectivity index (χ0) is 15.1. The second-order valence-corrected chi connectivity index (χ2v) is 6.16. The third kappa shape index (κ3) is 3.87. The van der Waals surface area contributed by atoms with Crippen LogP contribution in [0.25, 0.3) is 0 Å². The van der Waals surface area contributed by atoms with E-state index in [9.17, 15) is 4.79 Å². The van der Waals surface area contributed by atoms with E-state index in [0.717, 1.165) is 51.6 Å². The van der Waals surface area contributed by atoms with E-state index in [1.807, 2.05) is 0 Å². The second-order valence-electron chi connectivity index (χ2n) is 6.16. The lowest BCUT2D eigenvalue weighted by Crippen LogP contribution is -2.50. The molecule has 1 saturated heterocycles. The zero-order valence-corrected chi connectivity index (χ0v) is 12.6. The largest absolute Gasteiger partial charge is 0.409 e. The summed E-state index contributed by atoms with van der Waals surface area (Å²) >= 11 is 0. The molecule has 2 fully saturated rings. The van der Waals surface area contributed by atoms with Gasteiger partial charge in [0.15, 0.2) is 5.84 Å². The van der Waals surface area contributed by atoms with Crippen LogP contribution >= 0.6 is 0 Å². The molecule has 1 atom stereocenters. The maximum atomic E-state index is 12.6. The fourth-order valence-corrected chi connectivity index (χ4v) is 3.42. The third-order valence-electron chi connectivity index (χ3n) is 4.77. The van der Waals surface area contributed by atoms with Gasteiger partial charge in [0, 0.05) is 13.2 Å². The average Bonchev–Trinajstić information content (AvgIpc) is 2.88. The first kappa shape index (κ1) is 16.1. The van der Waals surface area contributed by atoms with Crippen molar-refractivity contribution in [3.8, 4) is 0 Å². The number of hydrogen-bond acceptors (Lipinski definition) is 4. The average molecular weight is 297 g/mol. The molecule has 2 rings (SSSR count). The SMILES string of the molecule is NC(=NO)C1(C(=O)NCCC2CCCO2)CCCCCC1. The lowest BCUT2D eigenvalue weighted by molar-refractivity contribution is -0.128. The van der Waals surface area contributed by atoms with Gasteiger partial charge in [-0.2, -0.15) is 0 Å². The van der Waals surface area contributed by atoms with Crippen LogP contribution in [0.4, 0.5) is 0 Å². The molecular formula is C15H27N3O3. The second kappa shape index (κ2) is 7.64. The number of carbonyl (C=O) groups excluding carboxylic acids is 1. The van der Waals surface area contributed by atoms with E-state index in [4.69, 9.17) is 15.7 Å². The number of nitrogens with two attached hydrogens (primary N) is 1. The lowest BCUT2D eigenvalue weighted by atomic mass is 9.78. The molecule has 1 aliphatic heterocycles. The van der Waals surface area contributed by atoms with Crippen molar-refractivity contribution < 1.29 is 14.7 Å². The minimum Gasteiger partial charge on any atom is -0.409 e. The summed E-state index contributed by atoms with van der Waals surface area (Å²) in [6, 6.07) is 0. The van der Waals surface area contributed by atoms with Crippen LogP contribution in [0.15, 0.2) is 5.16 Å². The first-order valence-corrected chi connectivity index (χ1v) is 8.07. The molecular weight excluding hydrogens is 270 g/mol. The maximum absolute atomic E-state index is 12.6. The minimum absolute atomic E-state index is 0.0546. The van der Waals surface area contributed by atoms with Gasteiger partial charge in [0.25, 0.3) is 0 Å². The van der Waals surface area contributed by atoms with Gasteiger partial charge in [-0.3, -0.25) is 4.79 Å². The van der Waals surface area contributed by atoms with Crippen molar-refractivity contribution in [2.45, 2.75) is 63.9 Å². The number of nitrogens with zero attached hydrogens (tertiary/aromatic N) is 1. The van der Waals surface area contributed by atoms with E-state index >= 15 is 0 Å². The summed E-state index contributed by atoms with van der Waals surface area (Å²) in [4.78, 5) is 12.6. The molecule has 6 nitrogen and oxygen atoms in total. The molecule has 4 N–H and O–H groups in total. The quantitative estimate of drug-likeness (QED) is 0.237. The van der Waals surface area contributed by atoms with E-state index in [1.54, 1.807) is 0 Å². The summed E-state index contributed by atoms with van der Waals surface area (Å²) in [6.07, 6.45) is 8.67. The number of nitrogens with one attached hydrogen (secondary N) is 1. The summed E-state index contributed by atoms with van der Waals surface area (Å²) in [6.45, 7) is 1.41. The number of carbonyl (C=O) groups is 1. The van der Waals surface area contributed by atoms with Crippen LogP contribution in [-0.2, 0) is 9.53 Å². The number of oxime groups is 1. The Bertz CT molecular complexity index is 370. The van der Waals surface area contributed by atoms with E-state index < -0.39 is 5.41 Å². The molecule has 120 valence electrons. The van der Waals surface area contributed by atoms with Gasteiger partial charge >= 0.3 is 0 Å². The number of rotatable bonds is 5. The van der Waals surface area contributed by atoms with E-state index in [1.165, 1.54) is 0 Å². The topological polar surface area (TPSA) is 96.9 Å². The fourth-order valence-electron chi connectivity index (χ4n) is 3.42. The molecule has 0 radical (unpaired) electrons. The highest BCUT2D eigenvalue weighted by molar-refractivity contribution is 6.06. The summed E-state index contributed by atoms with van der Waals surface area (Å²) in [5.41, 5.74) is 5.03. The standard InChI is InChI=1S/C15H27N3O3/c16-13(18-20)15(8-3-1-2-4-9-15)14(19)17-10-7-12-6-5-11-21-12/h12,20H,1-11H2,(H2,16,18)(H,17,19). The van der Waals surface area contributed by atoms with Gasteiger partial charge in [-0.15, -0.1) is 0 Å². The molecule has 1 amide bonds. The molecule has 1 heterocycles. The molecule has 0 aromatic rings. The Kier molecular flexibility index (Phi) is 5.85. The van der Waals surface area contributed by atoms with Crippen LogP contribution in [0.2, 0.25) is 0 Å². The van der Waals surface area contributed by atoms with Crippen molar-refractivity contribution in [1.29, 1.82) is 0 Å². The maximum Gasteiger partial charge on any atom is 0.233 e. The monoisotopic (exact) mass is 297 g/mol. The molecule has 2 aliphatic rings. The van der Waals surface area contributed by atoms with Gasteiger partial charge in [-0.05, 0) is 32.1 Å². The van der Waals surface area contributed by atoms with E-state index in [0.29, 0.717) is 19.4 Å². The van der Waals surface area contributed by atoms with Gasteiger partial charge < -0.3 is 21.0 Å². The summed E-state index contributed by atoms with van der Waals surface area (Å²) in [5.74, 6) is -0.0447. The Balaban J connectivity index is 1.93. The fraction of sp³-hybridized carbons (Fsp3) is 0.867. The summed E-state index contributed by atoms with van der Waals surface area (Å²) in [5, 5.41) is 15.2. The van der Waals surface area contributed by atoms with Crippen molar-refractivity contribution in [1.82, 2.24) is 5.32 Å². The van der Waals surface area contributed by atoms with Gasteiger partial charge in [0.2, 0.25) is 5.91 Å². The molecule has 0 aromatic carbocycles. The van der Waals surface area contributed by atoms with Crippen molar-refractivity contribution in [2.75, 3.05) is 13.2 Å². The zero-order valence-electron chi connectivity index (χ0n) is 12.6. The Hall–Kier alpha value is -1.30. The van der Waals surface area contributed by atoms with Gasteiger partial charge in [0.1, 0.15) is 5.41 Å². The third-order valence-corrected chi connectivity index (χ3v) is 4.77. The van der Waals surface area contributed by atoms with Crippen LogP contribution < -0.4 is 11.1 Å². The van der Waals surface area contributed by atoms with Crippen LogP contribution in [0.1, 0.15) is 57.8 Å². The smallest absolute Gasteiger partial charge is 0.233 e. The Morgan fingerprint density at radius 3 is 2.57 bits per heavy atom. The molecule has 0 aromatic heterocycles. The summed E-state index contributed by atoms with van der Waals surface area (Å²) in [7, 11) is 0. The molecule has 6 heteroatoms. The van der Waals surface area contributed by atoms with Gasteiger partial charge in [-0.1, -0.05) is 30.8 Å². The highest BCUT2D eigenvalue weighted by Gasteiger charge is 2.42. The number of hydrogen-bond donors (Lipinski definition) is 3. The van der Waals surface area contributed by atoms with Gasteiger partial charge in [0.05, 0.1) is 6.10 Å². The summed E-state index contributed by atoms with van der Waals surface area (Å²) < 4.78 is 5.55. The molecule has 21 heavy (non-hydrogen) atoms. The Labute approximate surface area is 126 Å². The molecule has 1 unspecified atom stereocenters. The number of ether oxygens (including phenoxy) is 1. The number of amidine groups is 1. The Morgan fingerprint density at radius 1 is 1.29 bits per heavy atom. The van der Waals surface area contributed by atoms with Gasteiger partial charge in [-0.25, -0.2) is 0 Å². The first-order valence-electron chi connectivity index (χ1n) is 8.07. The number of amides is 1. The van der Waals surface area contributed by atoms with Crippen molar-refractivity contribution >= 4 is 11.7 Å². The van der Waals surface area contributed by atoms with E-state index in [2.05, 4.69) is 10.5 Å². The van der Waals surface area contributed by atoms with Crippen LogP contribution in [-0.4, -0.2) is 36.2 Å². The molecule has 0 bridgehead atoms. The molecule has 1 aliphatic carbocycles. The van der Waals surface area contributed by atoms with Crippen LogP contribution in [0.5, 0.6) is 0 Å². The first-order chi connectivity index (χ1) is 10.2. The van der Waals surface area contributed by atoms with Crippen molar-refractivity contribution in [3.05, 3.63) is 0 Å². The normalized spacial score (nSPS) is 26.3. The highest BCUT2D eigenvalue weighted by atomic mass is 16.5. The van der Waals surface area contributed by atoms with Crippen LogP contribution in [0.3, 0.4) is 0 Å². The van der Waals surface area contributed by atoms with Crippen molar-refractivity contribution in [2.24, 2.45) is 16.3 Å². The van der Waals surface area contributed by atoms with E-state index in [-0.39, 0.29) is 17.8 Å². The molecule has 0 spiro atoms. The minimum atomic E-state index is -0.832. The van der Waals surface area contributed by atoms with Crippen LogP contribution in [0, 0.1) is 5.41 Å². The Morgan fingerprint density at radius 2 is 2.00 bits per heavy atom. The molecule has 1 saturated carbocycles. The predicted molar refractivity (Wildman–Crippen MR) is 80.1 cm³/mol. The predicted octanol–water partition coefficient (Wildman–Crippen LogP) is 1.76. The highest BCUT2D eigenvalue weighted by Crippen LogP contribution is 2.35. The lowest BCUT2D eigenvalue weighted by Gasteiger charge is -2.30. The van der Waals surface area contributed by atoms with Crippen molar-refractivity contribution in [3.63, 3.8) is 0 Å².